The SMILES string of the molecule is COc1ccc(Nc2ccc(OCC(C)(C)COc3ccc(Nc4ccc(OC)cc4)cc3Nc3ccc(OC)cc3)c(Nc3ccc(OC)cc3)c2)cc1. The molecule has 0 heterocycles. The van der Waals surface area contributed by atoms with Gasteiger partial charge in [-0.25, -0.2) is 0 Å². The van der Waals surface area contributed by atoms with Crippen molar-refractivity contribution in [1.82, 2.24) is 0 Å². The summed E-state index contributed by atoms with van der Waals surface area (Å²) in [6, 6.07) is 43.2. The topological polar surface area (TPSA) is 104 Å². The molecule has 0 bridgehead atoms. The van der Waals surface area contributed by atoms with E-state index in [9.17, 15) is 0 Å². The Morgan fingerprint density at radius 1 is 0.364 bits per heavy atom. The van der Waals surface area contributed by atoms with Gasteiger partial charge in [-0.3, -0.25) is 0 Å². The lowest BCUT2D eigenvalue weighted by molar-refractivity contribution is 0.111. The van der Waals surface area contributed by atoms with Crippen LogP contribution < -0.4 is 49.7 Å². The zero-order valence-corrected chi connectivity index (χ0v) is 32.1. The lowest BCUT2D eigenvalue weighted by atomic mass is 9.96. The van der Waals surface area contributed by atoms with Crippen LogP contribution in [0.3, 0.4) is 0 Å². The third-order valence-corrected chi connectivity index (χ3v) is 8.69. The van der Waals surface area contributed by atoms with Crippen LogP contribution >= 0.6 is 0 Å². The smallest absolute Gasteiger partial charge is 0.142 e. The van der Waals surface area contributed by atoms with Gasteiger partial charge in [-0.05, 0) is 133 Å². The molecule has 0 saturated heterocycles. The van der Waals surface area contributed by atoms with Crippen LogP contribution in [0.4, 0.5) is 45.5 Å². The Morgan fingerprint density at radius 2 is 0.636 bits per heavy atom. The highest BCUT2D eigenvalue weighted by Gasteiger charge is 2.22. The van der Waals surface area contributed by atoms with Crippen LogP contribution in [0.25, 0.3) is 0 Å². The van der Waals surface area contributed by atoms with E-state index in [-0.39, 0.29) is 5.41 Å². The second kappa shape index (κ2) is 17.9. The fourth-order valence-corrected chi connectivity index (χ4v) is 5.59. The summed E-state index contributed by atoms with van der Waals surface area (Å²) in [5, 5.41) is 14.0. The zero-order valence-electron chi connectivity index (χ0n) is 32.1. The molecule has 6 aromatic carbocycles. The third-order valence-electron chi connectivity index (χ3n) is 8.69. The zero-order chi connectivity index (χ0) is 38.6. The van der Waals surface area contributed by atoms with E-state index in [1.165, 1.54) is 0 Å². The average Bonchev–Trinajstić information content (AvgIpc) is 3.21. The van der Waals surface area contributed by atoms with Gasteiger partial charge in [-0.1, -0.05) is 13.8 Å². The van der Waals surface area contributed by atoms with E-state index in [0.29, 0.717) is 24.7 Å². The number of ether oxygens (including phenoxy) is 6. The molecule has 0 amide bonds. The van der Waals surface area contributed by atoms with Gasteiger partial charge in [-0.2, -0.15) is 0 Å². The molecule has 6 rings (SSSR count). The van der Waals surface area contributed by atoms with E-state index >= 15 is 0 Å². The molecule has 10 heteroatoms. The Labute approximate surface area is 323 Å². The fourth-order valence-electron chi connectivity index (χ4n) is 5.59. The summed E-state index contributed by atoms with van der Waals surface area (Å²) in [6.07, 6.45) is 0. The Kier molecular flexibility index (Phi) is 12.4. The van der Waals surface area contributed by atoms with E-state index in [1.54, 1.807) is 28.4 Å². The van der Waals surface area contributed by atoms with Gasteiger partial charge in [0, 0.05) is 39.5 Å². The van der Waals surface area contributed by atoms with Crippen LogP contribution in [-0.4, -0.2) is 41.7 Å². The van der Waals surface area contributed by atoms with Crippen molar-refractivity contribution in [3.8, 4) is 34.5 Å². The molecule has 4 N–H and O–H groups in total. The molecule has 0 fully saturated rings. The maximum absolute atomic E-state index is 6.53. The van der Waals surface area contributed by atoms with Crippen LogP contribution in [0.5, 0.6) is 34.5 Å². The standard InChI is InChI=1S/C45H48N4O6/c1-45(2,29-54-43-25-15-35(46-31-7-17-37(50-3)18-8-31)27-41(43)48-33-11-21-39(52-5)22-12-33)30-55-44-26-16-36(47-32-9-19-38(51-4)20-10-32)28-42(44)49-34-13-23-40(53-6)24-14-34/h7-28,46-49H,29-30H2,1-6H3. The van der Waals surface area contributed by atoms with Gasteiger partial charge < -0.3 is 49.7 Å². The highest BCUT2D eigenvalue weighted by molar-refractivity contribution is 5.75. The summed E-state index contributed by atoms with van der Waals surface area (Å²) in [5.74, 6) is 4.57. The van der Waals surface area contributed by atoms with Gasteiger partial charge >= 0.3 is 0 Å². The molecular weight excluding hydrogens is 693 g/mol. The third kappa shape index (κ3) is 10.7. The van der Waals surface area contributed by atoms with Gasteiger partial charge in [0.1, 0.15) is 34.5 Å². The first-order chi connectivity index (χ1) is 26.7. The van der Waals surface area contributed by atoms with Crippen LogP contribution in [0, 0.1) is 5.41 Å². The molecule has 0 aromatic heterocycles. The maximum atomic E-state index is 6.53. The molecule has 284 valence electrons. The second-order valence-electron chi connectivity index (χ2n) is 13.6. The predicted octanol–water partition coefficient (Wildman–Crippen LogP) is 11.2. The number of nitrogens with one attached hydrogen (secondary N) is 4. The molecule has 0 spiro atoms. The van der Waals surface area contributed by atoms with E-state index in [4.69, 9.17) is 28.4 Å². The first-order valence-corrected chi connectivity index (χ1v) is 17.9. The molecule has 6 aromatic rings. The van der Waals surface area contributed by atoms with E-state index < -0.39 is 0 Å². The van der Waals surface area contributed by atoms with Gasteiger partial charge in [0.25, 0.3) is 0 Å². The van der Waals surface area contributed by atoms with Gasteiger partial charge in [0.2, 0.25) is 0 Å². The summed E-state index contributed by atoms with van der Waals surface area (Å²) in [4.78, 5) is 0. The Hall–Kier alpha value is -6.68. The van der Waals surface area contributed by atoms with Crippen LogP contribution in [-0.2, 0) is 0 Å². The van der Waals surface area contributed by atoms with Gasteiger partial charge in [0.15, 0.2) is 0 Å². The molecule has 0 aliphatic carbocycles. The van der Waals surface area contributed by atoms with Crippen molar-refractivity contribution >= 4 is 45.5 Å². The van der Waals surface area contributed by atoms with Crippen molar-refractivity contribution in [3.63, 3.8) is 0 Å². The first-order valence-electron chi connectivity index (χ1n) is 17.9. The highest BCUT2D eigenvalue weighted by Crippen LogP contribution is 2.36. The minimum absolute atomic E-state index is 0.366. The summed E-state index contributed by atoms with van der Waals surface area (Å²) in [7, 11) is 6.63. The van der Waals surface area contributed by atoms with Crippen molar-refractivity contribution in [1.29, 1.82) is 0 Å². The van der Waals surface area contributed by atoms with Crippen molar-refractivity contribution in [2.75, 3.05) is 62.9 Å². The minimum atomic E-state index is -0.366. The quantitative estimate of drug-likeness (QED) is 0.0681. The molecule has 0 aliphatic rings. The normalized spacial score (nSPS) is 10.9. The number of benzene rings is 6. The van der Waals surface area contributed by atoms with Gasteiger partial charge in [0.05, 0.1) is 53.0 Å². The molecule has 0 saturated carbocycles. The predicted molar refractivity (Wildman–Crippen MR) is 223 cm³/mol. The second-order valence-corrected chi connectivity index (χ2v) is 13.6. The summed E-state index contributed by atoms with van der Waals surface area (Å²) < 4.78 is 34.4. The molecule has 0 unspecified atom stereocenters. The number of methoxy groups -OCH3 is 4. The Morgan fingerprint density at radius 3 is 0.927 bits per heavy atom. The van der Waals surface area contributed by atoms with E-state index in [2.05, 4.69) is 35.1 Å². The summed E-state index contributed by atoms with van der Waals surface area (Å²) >= 11 is 0. The molecule has 55 heavy (non-hydrogen) atoms. The molecular formula is C45H48N4O6. The highest BCUT2D eigenvalue weighted by atomic mass is 16.5. The average molecular weight is 741 g/mol. The first kappa shape index (κ1) is 38.1. The Bertz CT molecular complexity index is 1970. The van der Waals surface area contributed by atoms with Crippen molar-refractivity contribution in [3.05, 3.63) is 133 Å². The molecule has 0 radical (unpaired) electrons. The monoisotopic (exact) mass is 740 g/mol. The lowest BCUT2D eigenvalue weighted by Gasteiger charge is -2.27. The number of anilines is 8. The van der Waals surface area contributed by atoms with E-state index in [1.807, 2.05) is 133 Å². The minimum Gasteiger partial charge on any atom is -0.497 e. The summed E-state index contributed by atoms with van der Waals surface area (Å²) in [6.45, 7) is 5.04. The molecule has 0 aliphatic heterocycles. The van der Waals surface area contributed by atoms with Crippen LogP contribution in [0.2, 0.25) is 0 Å². The largest absolute Gasteiger partial charge is 0.497 e. The summed E-state index contributed by atoms with van der Waals surface area (Å²) in [5.41, 5.74) is 6.73. The number of hydrogen-bond acceptors (Lipinski definition) is 10. The van der Waals surface area contributed by atoms with Crippen molar-refractivity contribution in [2.45, 2.75) is 13.8 Å². The van der Waals surface area contributed by atoms with Gasteiger partial charge in [-0.15, -0.1) is 0 Å². The van der Waals surface area contributed by atoms with E-state index in [0.717, 1.165) is 68.5 Å². The number of hydrogen-bond donors (Lipinski definition) is 4. The fraction of sp³-hybridized carbons (Fsp3) is 0.200. The van der Waals surface area contributed by atoms with Crippen LogP contribution in [0.1, 0.15) is 13.8 Å². The molecule has 10 nitrogen and oxygen atoms in total. The van der Waals surface area contributed by atoms with Crippen molar-refractivity contribution in [2.24, 2.45) is 5.41 Å². The Balaban J connectivity index is 1.18. The maximum Gasteiger partial charge on any atom is 0.142 e. The van der Waals surface area contributed by atoms with Crippen molar-refractivity contribution < 1.29 is 28.4 Å². The number of rotatable bonds is 18. The van der Waals surface area contributed by atoms with Crippen LogP contribution in [0.15, 0.2) is 133 Å². The molecule has 0 atom stereocenters. The lowest BCUT2D eigenvalue weighted by Crippen LogP contribution is -2.29.